The fourth-order valence-corrected chi connectivity index (χ4v) is 3.93. The number of amides is 5. The van der Waals surface area contributed by atoms with E-state index in [0.29, 0.717) is 17.0 Å². The standard InChI is InChI=1S/C25H30N4O5/c1-4-5-17-6-8-18(9-7-17)25(2)23(32)29(24(33)27-25)16-22(31)28(15-14-21(26)30)19-10-12-20(34-3)13-11-19/h6-13H,4-5,14-16H2,1-3H3,(H2,26,30)(H,27,33). The monoisotopic (exact) mass is 466 g/mol. The highest BCUT2D eigenvalue weighted by atomic mass is 16.5. The third-order valence-electron chi connectivity index (χ3n) is 5.91. The molecule has 180 valence electrons. The Bertz CT molecular complexity index is 1070. The number of anilines is 1. The molecule has 3 N–H and O–H groups in total. The zero-order valence-corrected chi connectivity index (χ0v) is 19.7. The molecule has 9 nitrogen and oxygen atoms in total. The van der Waals surface area contributed by atoms with Gasteiger partial charge in [-0.15, -0.1) is 0 Å². The molecule has 3 rings (SSSR count). The van der Waals surface area contributed by atoms with Crippen molar-refractivity contribution < 1.29 is 23.9 Å². The number of primary amides is 1. The van der Waals surface area contributed by atoms with Gasteiger partial charge in [0, 0.05) is 18.7 Å². The van der Waals surface area contributed by atoms with Crippen molar-refractivity contribution in [1.82, 2.24) is 10.2 Å². The molecule has 0 bridgehead atoms. The van der Waals surface area contributed by atoms with Gasteiger partial charge in [-0.1, -0.05) is 37.6 Å². The van der Waals surface area contributed by atoms with Crippen LogP contribution in [0.5, 0.6) is 5.75 Å². The van der Waals surface area contributed by atoms with Crippen LogP contribution in [0.4, 0.5) is 10.5 Å². The lowest BCUT2D eigenvalue weighted by molar-refractivity contribution is -0.134. The molecule has 9 heteroatoms. The molecule has 0 saturated carbocycles. The van der Waals surface area contributed by atoms with Gasteiger partial charge in [0.05, 0.1) is 7.11 Å². The van der Waals surface area contributed by atoms with Crippen molar-refractivity contribution in [3.63, 3.8) is 0 Å². The summed E-state index contributed by atoms with van der Waals surface area (Å²) in [6.07, 6.45) is 1.85. The van der Waals surface area contributed by atoms with Crippen molar-refractivity contribution in [3.05, 3.63) is 59.7 Å². The van der Waals surface area contributed by atoms with Gasteiger partial charge in [0.2, 0.25) is 11.8 Å². The molecule has 2 aromatic rings. The number of carbonyl (C=O) groups excluding carboxylic acids is 4. The van der Waals surface area contributed by atoms with Crippen LogP contribution in [0.15, 0.2) is 48.5 Å². The van der Waals surface area contributed by atoms with E-state index in [1.54, 1.807) is 31.2 Å². The Morgan fingerprint density at radius 2 is 1.74 bits per heavy atom. The molecular formula is C25H30N4O5. The van der Waals surface area contributed by atoms with Gasteiger partial charge in [-0.25, -0.2) is 4.79 Å². The van der Waals surface area contributed by atoms with Gasteiger partial charge in [0.15, 0.2) is 0 Å². The Labute approximate surface area is 198 Å². The van der Waals surface area contributed by atoms with Crippen molar-refractivity contribution in [2.24, 2.45) is 5.73 Å². The van der Waals surface area contributed by atoms with Crippen LogP contribution in [-0.2, 0) is 26.3 Å². The van der Waals surface area contributed by atoms with Crippen LogP contribution in [0.2, 0.25) is 0 Å². The average Bonchev–Trinajstić information content (AvgIpc) is 3.04. The fraction of sp³-hybridized carbons (Fsp3) is 0.360. The van der Waals surface area contributed by atoms with E-state index < -0.39 is 35.8 Å². The van der Waals surface area contributed by atoms with E-state index in [1.807, 2.05) is 24.3 Å². The Hall–Kier alpha value is -3.88. The van der Waals surface area contributed by atoms with Crippen LogP contribution in [0, 0.1) is 0 Å². The zero-order valence-electron chi connectivity index (χ0n) is 19.7. The Balaban J connectivity index is 1.80. The summed E-state index contributed by atoms with van der Waals surface area (Å²) in [6.45, 7) is 3.25. The number of hydrogen-bond donors (Lipinski definition) is 2. The summed E-state index contributed by atoms with van der Waals surface area (Å²) in [5, 5.41) is 2.72. The number of urea groups is 1. The Morgan fingerprint density at radius 3 is 2.29 bits per heavy atom. The van der Waals surface area contributed by atoms with E-state index in [2.05, 4.69) is 12.2 Å². The number of methoxy groups -OCH3 is 1. The number of benzene rings is 2. The number of carbonyl (C=O) groups is 4. The van der Waals surface area contributed by atoms with Crippen molar-refractivity contribution >= 4 is 29.4 Å². The third kappa shape index (κ3) is 5.19. The first-order chi connectivity index (χ1) is 16.2. The molecule has 34 heavy (non-hydrogen) atoms. The van der Waals surface area contributed by atoms with E-state index in [-0.39, 0.29) is 13.0 Å². The number of aryl methyl sites for hydroxylation is 1. The largest absolute Gasteiger partial charge is 0.497 e. The summed E-state index contributed by atoms with van der Waals surface area (Å²) < 4.78 is 5.15. The molecule has 0 spiro atoms. The van der Waals surface area contributed by atoms with Gasteiger partial charge in [-0.05, 0) is 48.7 Å². The fourth-order valence-electron chi connectivity index (χ4n) is 3.93. The van der Waals surface area contributed by atoms with E-state index in [1.165, 1.54) is 12.0 Å². The van der Waals surface area contributed by atoms with E-state index in [0.717, 1.165) is 23.3 Å². The maximum absolute atomic E-state index is 13.3. The molecule has 0 radical (unpaired) electrons. The van der Waals surface area contributed by atoms with Crippen LogP contribution in [-0.4, -0.2) is 48.9 Å². The molecule has 1 atom stereocenters. The second-order valence-electron chi connectivity index (χ2n) is 8.35. The van der Waals surface area contributed by atoms with E-state index >= 15 is 0 Å². The highest BCUT2D eigenvalue weighted by Crippen LogP contribution is 2.29. The van der Waals surface area contributed by atoms with Gasteiger partial charge in [0.25, 0.3) is 5.91 Å². The molecule has 0 aromatic heterocycles. The molecule has 0 aliphatic carbocycles. The average molecular weight is 467 g/mol. The normalized spacial score (nSPS) is 17.4. The van der Waals surface area contributed by atoms with Crippen molar-refractivity contribution in [2.45, 2.75) is 38.6 Å². The van der Waals surface area contributed by atoms with Crippen molar-refractivity contribution in [2.75, 3.05) is 25.1 Å². The molecular weight excluding hydrogens is 436 g/mol. The van der Waals surface area contributed by atoms with Crippen LogP contribution >= 0.6 is 0 Å². The molecule has 1 aliphatic heterocycles. The molecule has 1 fully saturated rings. The minimum Gasteiger partial charge on any atom is -0.497 e. The number of nitrogens with two attached hydrogens (primary N) is 1. The van der Waals surface area contributed by atoms with Gasteiger partial charge < -0.3 is 20.7 Å². The topological polar surface area (TPSA) is 122 Å². The van der Waals surface area contributed by atoms with Gasteiger partial charge in [-0.2, -0.15) is 0 Å². The maximum Gasteiger partial charge on any atom is 0.325 e. The smallest absolute Gasteiger partial charge is 0.325 e. The Kier molecular flexibility index (Phi) is 7.55. The van der Waals surface area contributed by atoms with Gasteiger partial charge in [-0.3, -0.25) is 19.3 Å². The van der Waals surface area contributed by atoms with Gasteiger partial charge >= 0.3 is 6.03 Å². The maximum atomic E-state index is 13.3. The Morgan fingerprint density at radius 1 is 1.09 bits per heavy atom. The summed E-state index contributed by atoms with van der Waals surface area (Å²) in [4.78, 5) is 52.8. The summed E-state index contributed by atoms with van der Waals surface area (Å²) in [5.74, 6) is -1.00. The van der Waals surface area contributed by atoms with Crippen molar-refractivity contribution in [1.29, 1.82) is 0 Å². The van der Waals surface area contributed by atoms with Crippen LogP contribution < -0.4 is 20.7 Å². The molecule has 1 unspecified atom stereocenters. The SMILES string of the molecule is CCCc1ccc(C2(C)NC(=O)N(CC(=O)N(CCC(N)=O)c3ccc(OC)cc3)C2=O)cc1. The minimum atomic E-state index is -1.28. The molecule has 5 amide bonds. The van der Waals surface area contributed by atoms with Gasteiger partial charge in [0.1, 0.15) is 17.8 Å². The zero-order chi connectivity index (χ0) is 24.9. The van der Waals surface area contributed by atoms with Crippen LogP contribution in [0.1, 0.15) is 37.8 Å². The molecule has 1 saturated heterocycles. The van der Waals surface area contributed by atoms with E-state index in [4.69, 9.17) is 10.5 Å². The number of nitrogens with zero attached hydrogens (tertiary/aromatic N) is 2. The van der Waals surface area contributed by atoms with E-state index in [9.17, 15) is 19.2 Å². The third-order valence-corrected chi connectivity index (χ3v) is 5.91. The van der Waals surface area contributed by atoms with Crippen LogP contribution in [0.3, 0.4) is 0 Å². The predicted octanol–water partition coefficient (Wildman–Crippen LogP) is 2.32. The predicted molar refractivity (Wildman–Crippen MR) is 127 cm³/mol. The van der Waals surface area contributed by atoms with Crippen LogP contribution in [0.25, 0.3) is 0 Å². The highest BCUT2D eigenvalue weighted by Gasteiger charge is 2.49. The molecule has 1 aliphatic rings. The number of nitrogens with one attached hydrogen (secondary N) is 1. The number of ether oxygens (including phenoxy) is 1. The minimum absolute atomic E-state index is 0.0142. The lowest BCUT2D eigenvalue weighted by Crippen LogP contribution is -2.45. The van der Waals surface area contributed by atoms with Crippen molar-refractivity contribution in [3.8, 4) is 5.75 Å². The summed E-state index contributed by atoms with van der Waals surface area (Å²) in [7, 11) is 1.52. The summed E-state index contributed by atoms with van der Waals surface area (Å²) in [5.41, 5.74) is 6.27. The number of imide groups is 1. The lowest BCUT2D eigenvalue weighted by atomic mass is 9.91. The highest BCUT2D eigenvalue weighted by molar-refractivity contribution is 6.10. The first-order valence-electron chi connectivity index (χ1n) is 11.2. The first kappa shape index (κ1) is 24.8. The second kappa shape index (κ2) is 10.4. The molecule has 2 aromatic carbocycles. The summed E-state index contributed by atoms with van der Waals surface area (Å²) in [6, 6.07) is 13.5. The quantitative estimate of drug-likeness (QED) is 0.521. The molecule has 1 heterocycles. The number of rotatable bonds is 10. The lowest BCUT2D eigenvalue weighted by Gasteiger charge is -2.25. The second-order valence-corrected chi connectivity index (χ2v) is 8.35. The number of hydrogen-bond acceptors (Lipinski definition) is 5. The first-order valence-corrected chi connectivity index (χ1v) is 11.2. The summed E-state index contributed by atoms with van der Waals surface area (Å²) >= 11 is 0.